The molecule has 6 heteroatoms. The highest BCUT2D eigenvalue weighted by molar-refractivity contribution is 5.83. The summed E-state index contributed by atoms with van der Waals surface area (Å²) in [5, 5.41) is 8.80. The Balaban J connectivity index is 2.11. The molecule has 0 aliphatic heterocycles. The van der Waals surface area contributed by atoms with Gasteiger partial charge in [0.25, 0.3) is 0 Å². The Morgan fingerprint density at radius 1 is 1.32 bits per heavy atom. The van der Waals surface area contributed by atoms with Crippen molar-refractivity contribution in [3.63, 3.8) is 0 Å². The number of carboxylic acid groups (broad SMARTS) is 1. The number of carboxylic acids is 1. The standard InChI is InChI=1S/C16H19F2NO3/c1-16(2)8-11(16)15(22)19(6-5-14(20)21)9-10-3-4-12(17)13(18)7-10/h3-4,7,11H,5-6,8-9H2,1-2H3,(H,20,21)/t11-/m1/s1. The van der Waals surface area contributed by atoms with E-state index in [0.29, 0.717) is 5.56 Å². The van der Waals surface area contributed by atoms with Crippen LogP contribution in [0.1, 0.15) is 32.3 Å². The Morgan fingerprint density at radius 3 is 2.45 bits per heavy atom. The summed E-state index contributed by atoms with van der Waals surface area (Å²) in [6.07, 6.45) is 0.579. The first-order valence-corrected chi connectivity index (χ1v) is 7.15. The molecule has 0 spiro atoms. The van der Waals surface area contributed by atoms with Gasteiger partial charge in [0.15, 0.2) is 11.6 Å². The molecule has 1 aliphatic rings. The number of hydrogen-bond acceptors (Lipinski definition) is 2. The minimum atomic E-state index is -1.00. The second kappa shape index (κ2) is 6.02. The van der Waals surface area contributed by atoms with E-state index in [1.807, 2.05) is 13.8 Å². The van der Waals surface area contributed by atoms with Gasteiger partial charge in [0, 0.05) is 19.0 Å². The van der Waals surface area contributed by atoms with E-state index in [1.54, 1.807) is 0 Å². The monoisotopic (exact) mass is 311 g/mol. The Morgan fingerprint density at radius 2 is 1.95 bits per heavy atom. The number of rotatable bonds is 6. The number of carbonyl (C=O) groups is 2. The average molecular weight is 311 g/mol. The molecule has 4 nitrogen and oxygen atoms in total. The van der Waals surface area contributed by atoms with E-state index in [2.05, 4.69) is 0 Å². The lowest BCUT2D eigenvalue weighted by molar-refractivity contribution is -0.139. The summed E-state index contributed by atoms with van der Waals surface area (Å²) in [5.41, 5.74) is 0.364. The summed E-state index contributed by atoms with van der Waals surface area (Å²) in [7, 11) is 0. The Labute approximate surface area is 127 Å². The molecule has 0 saturated heterocycles. The van der Waals surface area contributed by atoms with E-state index in [9.17, 15) is 18.4 Å². The normalized spacial score (nSPS) is 18.8. The van der Waals surface area contributed by atoms with Gasteiger partial charge in [-0.1, -0.05) is 19.9 Å². The summed E-state index contributed by atoms with van der Waals surface area (Å²) in [5.74, 6) is -3.19. The molecule has 1 aromatic carbocycles. The molecule has 120 valence electrons. The largest absolute Gasteiger partial charge is 0.481 e. The molecule has 1 atom stereocenters. The molecule has 1 fully saturated rings. The predicted octanol–water partition coefficient (Wildman–Crippen LogP) is 2.81. The maximum Gasteiger partial charge on any atom is 0.305 e. The topological polar surface area (TPSA) is 57.6 Å². The molecule has 1 amide bonds. The van der Waals surface area contributed by atoms with Crippen LogP contribution in [0.15, 0.2) is 18.2 Å². The van der Waals surface area contributed by atoms with Crippen molar-refractivity contribution in [2.45, 2.75) is 33.2 Å². The number of hydrogen-bond donors (Lipinski definition) is 1. The third-order valence-corrected chi connectivity index (χ3v) is 4.08. The highest BCUT2D eigenvalue weighted by Gasteiger charge is 2.51. The Hall–Kier alpha value is -1.98. The van der Waals surface area contributed by atoms with Crippen molar-refractivity contribution >= 4 is 11.9 Å². The van der Waals surface area contributed by atoms with Crippen LogP contribution in [-0.4, -0.2) is 28.4 Å². The fourth-order valence-electron chi connectivity index (χ4n) is 2.47. The van der Waals surface area contributed by atoms with Crippen LogP contribution in [0.2, 0.25) is 0 Å². The van der Waals surface area contributed by atoms with E-state index < -0.39 is 17.6 Å². The summed E-state index contributed by atoms with van der Waals surface area (Å²) >= 11 is 0. The van der Waals surface area contributed by atoms with Gasteiger partial charge in [-0.2, -0.15) is 0 Å². The maximum atomic E-state index is 13.3. The van der Waals surface area contributed by atoms with Crippen molar-refractivity contribution in [2.75, 3.05) is 6.54 Å². The summed E-state index contributed by atoms with van der Waals surface area (Å²) < 4.78 is 26.2. The van der Waals surface area contributed by atoms with Crippen LogP contribution >= 0.6 is 0 Å². The Bertz CT molecular complexity index is 601. The Kier molecular flexibility index (Phi) is 4.49. The first-order chi connectivity index (χ1) is 10.2. The number of nitrogens with zero attached hydrogens (tertiary/aromatic N) is 1. The molecular formula is C16H19F2NO3. The van der Waals surface area contributed by atoms with Gasteiger partial charge in [0.05, 0.1) is 6.42 Å². The van der Waals surface area contributed by atoms with E-state index in [1.165, 1.54) is 11.0 Å². The molecular weight excluding hydrogens is 292 g/mol. The highest BCUT2D eigenvalue weighted by Crippen LogP contribution is 2.52. The second-order valence-electron chi connectivity index (χ2n) is 6.40. The lowest BCUT2D eigenvalue weighted by atomic mass is 10.1. The van der Waals surface area contributed by atoms with Crippen LogP contribution in [0.3, 0.4) is 0 Å². The van der Waals surface area contributed by atoms with Gasteiger partial charge < -0.3 is 10.0 Å². The first-order valence-electron chi connectivity index (χ1n) is 7.15. The van der Waals surface area contributed by atoms with Crippen molar-refractivity contribution in [3.05, 3.63) is 35.4 Å². The third kappa shape index (κ3) is 3.81. The molecule has 0 radical (unpaired) electrons. The maximum absolute atomic E-state index is 13.3. The van der Waals surface area contributed by atoms with Gasteiger partial charge in [-0.05, 0) is 29.5 Å². The number of halogens is 2. The molecule has 1 saturated carbocycles. The van der Waals surface area contributed by atoms with Crippen LogP contribution in [-0.2, 0) is 16.1 Å². The van der Waals surface area contributed by atoms with Crippen LogP contribution < -0.4 is 0 Å². The van der Waals surface area contributed by atoms with Crippen LogP contribution in [0.25, 0.3) is 0 Å². The zero-order valence-electron chi connectivity index (χ0n) is 12.6. The molecule has 0 heterocycles. The van der Waals surface area contributed by atoms with Gasteiger partial charge in [-0.15, -0.1) is 0 Å². The number of benzene rings is 1. The third-order valence-electron chi connectivity index (χ3n) is 4.08. The fraction of sp³-hybridized carbons (Fsp3) is 0.500. The van der Waals surface area contributed by atoms with Gasteiger partial charge >= 0.3 is 5.97 Å². The van der Waals surface area contributed by atoms with Gasteiger partial charge in [0.2, 0.25) is 5.91 Å². The fourth-order valence-corrected chi connectivity index (χ4v) is 2.47. The SMILES string of the molecule is CC1(C)C[C@@H]1C(=O)N(CCC(=O)O)Cc1ccc(F)c(F)c1. The highest BCUT2D eigenvalue weighted by atomic mass is 19.2. The quantitative estimate of drug-likeness (QED) is 0.879. The number of aliphatic carboxylic acids is 1. The van der Waals surface area contributed by atoms with Crippen LogP contribution in [0.4, 0.5) is 8.78 Å². The average Bonchev–Trinajstić information content (AvgIpc) is 3.06. The number of amides is 1. The zero-order valence-corrected chi connectivity index (χ0v) is 12.6. The molecule has 2 rings (SSSR count). The van der Waals surface area contributed by atoms with E-state index in [-0.39, 0.29) is 36.8 Å². The van der Waals surface area contributed by atoms with Crippen molar-refractivity contribution in [1.29, 1.82) is 0 Å². The molecule has 1 aliphatic carbocycles. The lowest BCUT2D eigenvalue weighted by Crippen LogP contribution is -2.34. The minimum absolute atomic E-state index is 0.0553. The molecule has 0 unspecified atom stereocenters. The zero-order chi connectivity index (χ0) is 16.5. The molecule has 22 heavy (non-hydrogen) atoms. The minimum Gasteiger partial charge on any atom is -0.481 e. The van der Waals surface area contributed by atoms with Gasteiger partial charge in [-0.25, -0.2) is 8.78 Å². The van der Waals surface area contributed by atoms with Crippen LogP contribution in [0.5, 0.6) is 0 Å². The van der Waals surface area contributed by atoms with Gasteiger partial charge in [0.1, 0.15) is 0 Å². The van der Waals surface area contributed by atoms with Crippen LogP contribution in [0, 0.1) is 23.0 Å². The smallest absolute Gasteiger partial charge is 0.305 e. The second-order valence-corrected chi connectivity index (χ2v) is 6.40. The van der Waals surface area contributed by atoms with E-state index in [4.69, 9.17) is 5.11 Å². The van der Waals surface area contributed by atoms with Gasteiger partial charge in [-0.3, -0.25) is 9.59 Å². The lowest BCUT2D eigenvalue weighted by Gasteiger charge is -2.23. The van der Waals surface area contributed by atoms with E-state index >= 15 is 0 Å². The number of carbonyl (C=O) groups excluding carboxylic acids is 1. The predicted molar refractivity (Wildman–Crippen MR) is 75.9 cm³/mol. The summed E-state index contributed by atoms with van der Waals surface area (Å²) in [6, 6.07) is 3.44. The molecule has 1 N–H and O–H groups in total. The van der Waals surface area contributed by atoms with Crippen molar-refractivity contribution in [3.8, 4) is 0 Å². The molecule has 0 aromatic heterocycles. The van der Waals surface area contributed by atoms with Crippen molar-refractivity contribution in [1.82, 2.24) is 4.90 Å². The summed E-state index contributed by atoms with van der Waals surface area (Å²) in [6.45, 7) is 4.08. The summed E-state index contributed by atoms with van der Waals surface area (Å²) in [4.78, 5) is 24.6. The molecule has 0 bridgehead atoms. The van der Waals surface area contributed by atoms with Crippen molar-refractivity contribution < 1.29 is 23.5 Å². The first kappa shape index (κ1) is 16.4. The molecule has 1 aromatic rings. The van der Waals surface area contributed by atoms with Crippen molar-refractivity contribution in [2.24, 2.45) is 11.3 Å². The van der Waals surface area contributed by atoms with E-state index in [0.717, 1.165) is 18.6 Å².